The van der Waals surface area contributed by atoms with Crippen molar-refractivity contribution in [1.29, 1.82) is 0 Å². The molecule has 3 amide bonds. The van der Waals surface area contributed by atoms with E-state index in [-0.39, 0.29) is 35.6 Å². The summed E-state index contributed by atoms with van der Waals surface area (Å²) >= 11 is 0. The average Bonchev–Trinajstić information content (AvgIpc) is 3.13. The van der Waals surface area contributed by atoms with Crippen LogP contribution in [0.2, 0.25) is 0 Å². The van der Waals surface area contributed by atoms with E-state index < -0.39 is 0 Å². The molecule has 0 unspecified atom stereocenters. The molecule has 33 heavy (non-hydrogen) atoms. The summed E-state index contributed by atoms with van der Waals surface area (Å²) in [6.45, 7) is 4.36. The average molecular weight is 457 g/mol. The lowest BCUT2D eigenvalue weighted by molar-refractivity contribution is -0.146. The molecular formula is C27H40N2O4. The Morgan fingerprint density at radius 1 is 1.03 bits per heavy atom. The molecule has 0 spiro atoms. The number of imide groups is 1. The predicted molar refractivity (Wildman–Crippen MR) is 131 cm³/mol. The molecule has 6 heteroatoms. The molecule has 1 heterocycles. The van der Waals surface area contributed by atoms with Gasteiger partial charge in [-0.2, -0.15) is 0 Å². The van der Waals surface area contributed by atoms with Crippen LogP contribution in [0.1, 0.15) is 84.5 Å². The molecule has 0 fully saturated rings. The summed E-state index contributed by atoms with van der Waals surface area (Å²) in [4.78, 5) is 39.1. The standard InChI is InChI=1S/C27H40N2O4/c1-6-8-10-12-16-21(3)26(31)28-19-15-14-18-23-24(33-5)20-25(30)29(23)27(32)22(4)17-13-11-9-7-2/h1-2,20-23H,8-19H2,3-5H3,(H,28,31)/t21-,22-,23+/m1/s1. The van der Waals surface area contributed by atoms with E-state index >= 15 is 0 Å². The number of rotatable bonds is 16. The summed E-state index contributed by atoms with van der Waals surface area (Å²) in [5, 5.41) is 2.98. The Labute approximate surface area is 199 Å². The van der Waals surface area contributed by atoms with Gasteiger partial charge < -0.3 is 10.1 Å². The first kappa shape index (κ1) is 28.3. The molecule has 0 aliphatic carbocycles. The fraction of sp³-hybridized carbons (Fsp3) is 0.667. The van der Waals surface area contributed by atoms with Gasteiger partial charge in [0, 0.05) is 37.3 Å². The minimum absolute atomic E-state index is 0.0338. The van der Waals surface area contributed by atoms with Crippen molar-refractivity contribution in [1.82, 2.24) is 10.2 Å². The van der Waals surface area contributed by atoms with E-state index in [2.05, 4.69) is 17.2 Å². The van der Waals surface area contributed by atoms with Gasteiger partial charge in [-0.05, 0) is 44.9 Å². The SMILES string of the molecule is C#CCCCC[C@@H](C)C(=O)NCCCC[C@H]1C(OC)=CC(=O)N1C(=O)[C@H](C)CCCCC#C. The van der Waals surface area contributed by atoms with Crippen LogP contribution in [-0.4, -0.2) is 42.3 Å². The Hall–Kier alpha value is -2.73. The molecule has 0 radical (unpaired) electrons. The van der Waals surface area contributed by atoms with Crippen molar-refractivity contribution in [3.05, 3.63) is 11.8 Å². The smallest absolute Gasteiger partial charge is 0.257 e. The van der Waals surface area contributed by atoms with Crippen LogP contribution in [0.25, 0.3) is 0 Å². The number of nitrogens with zero attached hydrogens (tertiary/aromatic N) is 1. The molecule has 182 valence electrons. The number of carbonyl (C=O) groups is 3. The van der Waals surface area contributed by atoms with Crippen LogP contribution in [-0.2, 0) is 19.1 Å². The van der Waals surface area contributed by atoms with Crippen molar-refractivity contribution in [2.75, 3.05) is 13.7 Å². The van der Waals surface area contributed by atoms with Gasteiger partial charge in [0.1, 0.15) is 5.76 Å². The van der Waals surface area contributed by atoms with Crippen LogP contribution in [0.5, 0.6) is 0 Å². The normalized spacial score (nSPS) is 17.0. The first-order valence-electron chi connectivity index (χ1n) is 12.1. The predicted octanol–water partition coefficient (Wildman–Crippen LogP) is 4.20. The van der Waals surface area contributed by atoms with Gasteiger partial charge >= 0.3 is 0 Å². The highest BCUT2D eigenvalue weighted by Gasteiger charge is 2.39. The van der Waals surface area contributed by atoms with Crippen LogP contribution < -0.4 is 5.32 Å². The molecule has 0 aromatic carbocycles. The molecule has 3 atom stereocenters. The van der Waals surface area contributed by atoms with Crippen LogP contribution in [0.4, 0.5) is 0 Å². The molecule has 1 aliphatic heterocycles. The van der Waals surface area contributed by atoms with Gasteiger partial charge in [-0.3, -0.25) is 19.3 Å². The number of carbonyl (C=O) groups excluding carboxylic acids is 3. The van der Waals surface area contributed by atoms with Crippen molar-refractivity contribution in [2.45, 2.75) is 90.5 Å². The quantitative estimate of drug-likeness (QED) is 0.279. The minimum atomic E-state index is -0.381. The number of unbranched alkanes of at least 4 members (excludes halogenated alkanes) is 5. The molecule has 1 aliphatic rings. The largest absolute Gasteiger partial charge is 0.499 e. The highest BCUT2D eigenvalue weighted by Crippen LogP contribution is 2.27. The summed E-state index contributed by atoms with van der Waals surface area (Å²) in [5.74, 6) is 5.04. The topological polar surface area (TPSA) is 75.7 Å². The number of hydrogen-bond acceptors (Lipinski definition) is 4. The minimum Gasteiger partial charge on any atom is -0.499 e. The fourth-order valence-corrected chi connectivity index (χ4v) is 3.99. The number of ether oxygens (including phenoxy) is 1. The van der Waals surface area contributed by atoms with Gasteiger partial charge in [0.05, 0.1) is 13.2 Å². The van der Waals surface area contributed by atoms with E-state index in [1.165, 1.54) is 18.1 Å². The van der Waals surface area contributed by atoms with Crippen LogP contribution in [0.3, 0.4) is 0 Å². The molecule has 1 rings (SSSR count). The van der Waals surface area contributed by atoms with Crippen LogP contribution in [0.15, 0.2) is 11.8 Å². The maximum Gasteiger partial charge on any atom is 0.257 e. The van der Waals surface area contributed by atoms with Gasteiger partial charge in [-0.15, -0.1) is 24.7 Å². The molecular weight excluding hydrogens is 416 g/mol. The van der Waals surface area contributed by atoms with Gasteiger partial charge in [-0.1, -0.05) is 26.7 Å². The number of nitrogens with one attached hydrogen (secondary N) is 1. The number of amides is 3. The van der Waals surface area contributed by atoms with Crippen LogP contribution >= 0.6 is 0 Å². The number of hydrogen-bond donors (Lipinski definition) is 1. The molecule has 0 aromatic rings. The molecule has 0 saturated carbocycles. The summed E-state index contributed by atoms with van der Waals surface area (Å²) in [6, 6.07) is -0.381. The number of terminal acetylenes is 2. The molecule has 6 nitrogen and oxygen atoms in total. The van der Waals surface area contributed by atoms with Crippen molar-refractivity contribution >= 4 is 17.7 Å². The summed E-state index contributed by atoms with van der Waals surface area (Å²) < 4.78 is 5.39. The van der Waals surface area contributed by atoms with Gasteiger partial charge in [-0.25, -0.2) is 0 Å². The van der Waals surface area contributed by atoms with Crippen molar-refractivity contribution < 1.29 is 19.1 Å². The Bertz CT molecular complexity index is 759. The maximum absolute atomic E-state index is 13.0. The fourth-order valence-electron chi connectivity index (χ4n) is 3.99. The Balaban J connectivity index is 2.47. The molecule has 0 aromatic heterocycles. The zero-order valence-corrected chi connectivity index (χ0v) is 20.5. The third-order valence-electron chi connectivity index (χ3n) is 6.11. The highest BCUT2D eigenvalue weighted by molar-refractivity contribution is 6.04. The van der Waals surface area contributed by atoms with Crippen molar-refractivity contribution in [3.63, 3.8) is 0 Å². The molecule has 1 N–H and O–H groups in total. The first-order valence-corrected chi connectivity index (χ1v) is 12.1. The van der Waals surface area contributed by atoms with E-state index in [4.69, 9.17) is 17.6 Å². The van der Waals surface area contributed by atoms with Gasteiger partial charge in [0.2, 0.25) is 11.8 Å². The lowest BCUT2D eigenvalue weighted by Crippen LogP contribution is -2.43. The summed E-state index contributed by atoms with van der Waals surface area (Å²) in [6.07, 6.45) is 20.7. The van der Waals surface area contributed by atoms with Crippen molar-refractivity contribution in [2.24, 2.45) is 11.8 Å². The number of methoxy groups -OCH3 is 1. The molecule has 0 bridgehead atoms. The second kappa shape index (κ2) is 16.0. The van der Waals surface area contributed by atoms with Gasteiger partial charge in [0.15, 0.2) is 0 Å². The molecule has 0 saturated heterocycles. The lowest BCUT2D eigenvalue weighted by atomic mass is 10.00. The first-order chi connectivity index (χ1) is 15.9. The Morgan fingerprint density at radius 2 is 1.64 bits per heavy atom. The van der Waals surface area contributed by atoms with Gasteiger partial charge in [0.25, 0.3) is 5.91 Å². The second-order valence-corrected chi connectivity index (χ2v) is 8.80. The van der Waals surface area contributed by atoms with Crippen molar-refractivity contribution in [3.8, 4) is 24.7 Å². The lowest BCUT2D eigenvalue weighted by Gasteiger charge is -2.27. The van der Waals surface area contributed by atoms with Crippen LogP contribution in [0, 0.1) is 36.5 Å². The van der Waals surface area contributed by atoms with E-state index in [1.54, 1.807) is 0 Å². The van der Waals surface area contributed by atoms with E-state index in [1.807, 2.05) is 13.8 Å². The third kappa shape index (κ3) is 9.74. The maximum atomic E-state index is 13.0. The highest BCUT2D eigenvalue weighted by atomic mass is 16.5. The Morgan fingerprint density at radius 3 is 2.21 bits per heavy atom. The van der Waals surface area contributed by atoms with E-state index in [0.29, 0.717) is 31.6 Å². The zero-order valence-electron chi connectivity index (χ0n) is 20.5. The Kier molecular flexibility index (Phi) is 13.7. The summed E-state index contributed by atoms with van der Waals surface area (Å²) in [5.41, 5.74) is 0. The monoisotopic (exact) mass is 456 g/mol. The van der Waals surface area contributed by atoms with E-state index in [0.717, 1.165) is 51.4 Å². The van der Waals surface area contributed by atoms with E-state index in [9.17, 15) is 14.4 Å². The zero-order chi connectivity index (χ0) is 24.6. The second-order valence-electron chi connectivity index (χ2n) is 8.80. The summed E-state index contributed by atoms with van der Waals surface area (Å²) in [7, 11) is 1.52. The third-order valence-corrected chi connectivity index (χ3v) is 6.11.